The Hall–Kier alpha value is -0.260. The molecule has 4 rings (SSSR count). The standard InChI is InChI=1S/C27H46/c1-4-5-6-7-8-9-12-22-15-17-24-23-16-14-21-13-10-11-19-26(21,2)25(23)18-20-27(22,24)3/h13,22-25H,4-12,14-20H2,1-3H3/t22-,23-,24-,25-,26-,27+/m0/s1. The maximum atomic E-state index is 2.73. The van der Waals surface area contributed by atoms with E-state index in [0.717, 1.165) is 23.7 Å². The minimum absolute atomic E-state index is 0.583. The summed E-state index contributed by atoms with van der Waals surface area (Å²) in [7, 11) is 0. The van der Waals surface area contributed by atoms with Gasteiger partial charge in [0.2, 0.25) is 0 Å². The van der Waals surface area contributed by atoms with Crippen LogP contribution >= 0.6 is 0 Å². The van der Waals surface area contributed by atoms with Gasteiger partial charge in [-0.15, -0.1) is 0 Å². The molecule has 0 amide bonds. The molecule has 0 heterocycles. The quantitative estimate of drug-likeness (QED) is 0.310. The number of rotatable bonds is 7. The van der Waals surface area contributed by atoms with Crippen molar-refractivity contribution in [3.05, 3.63) is 11.6 Å². The molecular weight excluding hydrogens is 324 g/mol. The van der Waals surface area contributed by atoms with E-state index in [2.05, 4.69) is 26.8 Å². The summed E-state index contributed by atoms with van der Waals surface area (Å²) in [5.74, 6) is 4.18. The van der Waals surface area contributed by atoms with Gasteiger partial charge < -0.3 is 0 Å². The largest absolute Gasteiger partial charge is 0.0848 e. The lowest BCUT2D eigenvalue weighted by molar-refractivity contribution is -0.0523. The Bertz CT molecular complexity index is 530. The highest BCUT2D eigenvalue weighted by Gasteiger charge is 2.58. The summed E-state index contributed by atoms with van der Waals surface area (Å²) in [5, 5.41) is 0. The molecule has 3 fully saturated rings. The first kappa shape index (κ1) is 20.0. The number of fused-ring (bicyclic) bond motifs is 5. The zero-order valence-electron chi connectivity index (χ0n) is 18.7. The molecule has 0 aromatic heterocycles. The van der Waals surface area contributed by atoms with Crippen molar-refractivity contribution < 1.29 is 0 Å². The monoisotopic (exact) mass is 370 g/mol. The SMILES string of the molecule is CCCCCCCC[C@H]1CC[C@H]2[C@@H]3CCC4=CCCC[C@]4(C)[C@H]3CC[C@]12C. The molecule has 0 aromatic carbocycles. The number of hydrogen-bond acceptors (Lipinski definition) is 0. The Labute approximate surface area is 170 Å². The van der Waals surface area contributed by atoms with Crippen LogP contribution in [-0.2, 0) is 0 Å². The van der Waals surface area contributed by atoms with Crippen molar-refractivity contribution in [1.82, 2.24) is 0 Å². The van der Waals surface area contributed by atoms with E-state index in [9.17, 15) is 0 Å². The predicted octanol–water partition coefficient (Wildman–Crippen LogP) is 8.71. The first-order chi connectivity index (χ1) is 13.1. The van der Waals surface area contributed by atoms with Crippen LogP contribution in [0.3, 0.4) is 0 Å². The Morgan fingerprint density at radius 2 is 1.70 bits per heavy atom. The third kappa shape index (κ3) is 3.57. The minimum Gasteiger partial charge on any atom is -0.0848 e. The third-order valence-electron chi connectivity index (χ3n) is 10.1. The predicted molar refractivity (Wildman–Crippen MR) is 118 cm³/mol. The molecule has 0 spiro atoms. The van der Waals surface area contributed by atoms with Crippen LogP contribution in [-0.4, -0.2) is 0 Å². The van der Waals surface area contributed by atoms with E-state index in [0.29, 0.717) is 10.8 Å². The third-order valence-corrected chi connectivity index (χ3v) is 10.1. The first-order valence-electron chi connectivity index (χ1n) is 12.8. The molecule has 0 nitrogen and oxygen atoms in total. The van der Waals surface area contributed by atoms with Crippen LogP contribution in [0.4, 0.5) is 0 Å². The van der Waals surface area contributed by atoms with Gasteiger partial charge in [-0.05, 0) is 98.7 Å². The average Bonchev–Trinajstić information content (AvgIpc) is 3.00. The Morgan fingerprint density at radius 1 is 0.889 bits per heavy atom. The second-order valence-electron chi connectivity index (χ2n) is 11.3. The smallest absolute Gasteiger partial charge is 0.00853 e. The minimum atomic E-state index is 0.583. The summed E-state index contributed by atoms with van der Waals surface area (Å²) in [6.07, 6.45) is 26.4. The average molecular weight is 371 g/mol. The van der Waals surface area contributed by atoms with Crippen LogP contribution in [0.2, 0.25) is 0 Å². The molecule has 0 radical (unpaired) electrons. The van der Waals surface area contributed by atoms with Gasteiger partial charge in [0.05, 0.1) is 0 Å². The van der Waals surface area contributed by atoms with Gasteiger partial charge in [-0.1, -0.05) is 70.9 Å². The highest BCUT2D eigenvalue weighted by Crippen LogP contribution is 2.67. The molecule has 0 N–H and O–H groups in total. The molecule has 4 aliphatic rings. The van der Waals surface area contributed by atoms with Gasteiger partial charge in [-0.2, -0.15) is 0 Å². The van der Waals surface area contributed by atoms with Crippen molar-refractivity contribution in [3.8, 4) is 0 Å². The van der Waals surface area contributed by atoms with Crippen molar-refractivity contribution in [3.63, 3.8) is 0 Å². The van der Waals surface area contributed by atoms with Gasteiger partial charge in [-0.3, -0.25) is 0 Å². The maximum Gasteiger partial charge on any atom is -0.00853 e. The molecule has 0 bridgehead atoms. The summed E-state index contributed by atoms with van der Waals surface area (Å²) >= 11 is 0. The van der Waals surface area contributed by atoms with Crippen molar-refractivity contribution in [1.29, 1.82) is 0 Å². The van der Waals surface area contributed by atoms with Gasteiger partial charge in [0, 0.05) is 0 Å². The number of unbranched alkanes of at least 4 members (excludes halogenated alkanes) is 5. The van der Waals surface area contributed by atoms with E-state index in [-0.39, 0.29) is 0 Å². The molecule has 0 heteroatoms. The molecule has 27 heavy (non-hydrogen) atoms. The van der Waals surface area contributed by atoms with Crippen LogP contribution in [0.15, 0.2) is 11.6 Å². The molecule has 0 aliphatic heterocycles. The van der Waals surface area contributed by atoms with Crippen molar-refractivity contribution >= 4 is 0 Å². The zero-order valence-corrected chi connectivity index (χ0v) is 18.7. The van der Waals surface area contributed by atoms with Crippen molar-refractivity contribution in [2.75, 3.05) is 0 Å². The zero-order chi connectivity index (χ0) is 18.9. The lowest BCUT2D eigenvalue weighted by atomic mass is 9.47. The number of allylic oxidation sites excluding steroid dienone is 2. The van der Waals surface area contributed by atoms with Crippen LogP contribution in [0.25, 0.3) is 0 Å². The summed E-state index contributed by atoms with van der Waals surface area (Å²) in [4.78, 5) is 0. The van der Waals surface area contributed by atoms with E-state index in [4.69, 9.17) is 0 Å². The fourth-order valence-corrected chi connectivity index (χ4v) is 8.51. The topological polar surface area (TPSA) is 0 Å². The van der Waals surface area contributed by atoms with Crippen LogP contribution < -0.4 is 0 Å². The highest BCUT2D eigenvalue weighted by atomic mass is 14.6. The van der Waals surface area contributed by atoms with Crippen molar-refractivity contribution in [2.24, 2.45) is 34.5 Å². The van der Waals surface area contributed by atoms with Crippen LogP contribution in [0.5, 0.6) is 0 Å². The Balaban J connectivity index is 1.38. The van der Waals surface area contributed by atoms with E-state index in [1.807, 2.05) is 5.57 Å². The van der Waals surface area contributed by atoms with Gasteiger partial charge in [0.15, 0.2) is 0 Å². The van der Waals surface area contributed by atoms with Crippen LogP contribution in [0, 0.1) is 34.5 Å². The summed E-state index contributed by atoms with van der Waals surface area (Å²) in [5.41, 5.74) is 3.15. The van der Waals surface area contributed by atoms with E-state index in [1.54, 1.807) is 32.1 Å². The maximum absolute atomic E-state index is 2.73. The van der Waals surface area contributed by atoms with E-state index in [1.165, 1.54) is 70.6 Å². The normalized spacial score (nSPS) is 43.6. The van der Waals surface area contributed by atoms with Gasteiger partial charge in [-0.25, -0.2) is 0 Å². The number of hydrogen-bond donors (Lipinski definition) is 0. The molecule has 154 valence electrons. The summed E-state index contributed by atoms with van der Waals surface area (Å²) < 4.78 is 0. The molecule has 3 saturated carbocycles. The fraction of sp³-hybridized carbons (Fsp3) is 0.926. The van der Waals surface area contributed by atoms with Gasteiger partial charge >= 0.3 is 0 Å². The van der Waals surface area contributed by atoms with E-state index >= 15 is 0 Å². The Kier molecular flexibility index (Phi) is 6.11. The van der Waals surface area contributed by atoms with Gasteiger partial charge in [0.1, 0.15) is 0 Å². The van der Waals surface area contributed by atoms with Crippen LogP contribution in [0.1, 0.15) is 124 Å². The molecule has 0 aromatic rings. The highest BCUT2D eigenvalue weighted by molar-refractivity contribution is 5.23. The van der Waals surface area contributed by atoms with Gasteiger partial charge in [0.25, 0.3) is 0 Å². The second-order valence-corrected chi connectivity index (χ2v) is 11.3. The molecule has 6 atom stereocenters. The first-order valence-corrected chi connectivity index (χ1v) is 12.8. The molecular formula is C27H46. The lowest BCUT2D eigenvalue weighted by Crippen LogP contribution is -2.50. The summed E-state index contributed by atoms with van der Waals surface area (Å²) in [6.45, 7) is 7.73. The second kappa shape index (κ2) is 8.23. The van der Waals surface area contributed by atoms with E-state index < -0.39 is 0 Å². The Morgan fingerprint density at radius 3 is 2.56 bits per heavy atom. The fourth-order valence-electron chi connectivity index (χ4n) is 8.51. The summed E-state index contributed by atoms with van der Waals surface area (Å²) in [6, 6.07) is 0. The molecule has 0 saturated heterocycles. The lowest BCUT2D eigenvalue weighted by Gasteiger charge is -2.58. The molecule has 0 unspecified atom stereocenters. The molecule has 4 aliphatic carbocycles. The van der Waals surface area contributed by atoms with Crippen molar-refractivity contribution in [2.45, 2.75) is 124 Å².